The van der Waals surface area contributed by atoms with Gasteiger partial charge in [0.25, 0.3) is 0 Å². The molecule has 1 rings (SSSR count). The van der Waals surface area contributed by atoms with E-state index in [9.17, 15) is 9.59 Å². The number of carboxylic acids is 1. The summed E-state index contributed by atoms with van der Waals surface area (Å²) in [4.78, 5) is 22.4. The number of carboxylic acid groups (broad SMARTS) is 1. The number of hydrogen-bond donors (Lipinski definition) is 3. The fraction of sp³-hybridized carbons (Fsp3) is 0.429. The second-order valence-corrected chi connectivity index (χ2v) is 4.70. The number of carbonyl (C=O) groups excluding carboxylic acids is 1. The van der Waals surface area contributed by atoms with E-state index in [4.69, 9.17) is 5.11 Å². The number of thiol groups is 1. The predicted octanol–water partition coefficient (Wildman–Crippen LogP) is 1.55. The van der Waals surface area contributed by atoms with E-state index in [-0.39, 0.29) is 11.5 Å². The molecule has 1 aromatic carbocycles. The Kier molecular flexibility index (Phi) is 7.22. The molecule has 5 heteroatoms. The smallest absolute Gasteiger partial charge is 0.321 e. The lowest BCUT2D eigenvalue weighted by Crippen LogP contribution is -2.38. The molecule has 0 saturated heterocycles. The first kappa shape index (κ1) is 15.7. The maximum Gasteiger partial charge on any atom is 0.321 e. The van der Waals surface area contributed by atoms with Gasteiger partial charge >= 0.3 is 5.97 Å². The van der Waals surface area contributed by atoms with Gasteiger partial charge in [0, 0.05) is 18.6 Å². The van der Waals surface area contributed by atoms with Crippen LogP contribution in [0.15, 0.2) is 30.3 Å². The standard InChI is InChI=1S/C14H19NO3S/c16-12(9-11-5-2-1-3-6-11)7-4-8-15-13(10-19)14(17)18/h1-3,5-6,13,15,19H,4,7-10H2,(H,17,18)/t13-/m1/s1. The van der Waals surface area contributed by atoms with Gasteiger partial charge in [0.1, 0.15) is 11.8 Å². The molecule has 1 atom stereocenters. The highest BCUT2D eigenvalue weighted by Crippen LogP contribution is 2.03. The van der Waals surface area contributed by atoms with Gasteiger partial charge in [0.15, 0.2) is 0 Å². The van der Waals surface area contributed by atoms with Gasteiger partial charge in [-0.25, -0.2) is 0 Å². The molecule has 0 saturated carbocycles. The highest BCUT2D eigenvalue weighted by molar-refractivity contribution is 7.80. The van der Waals surface area contributed by atoms with Crippen LogP contribution in [-0.4, -0.2) is 35.2 Å². The molecule has 0 spiro atoms. The van der Waals surface area contributed by atoms with E-state index >= 15 is 0 Å². The number of carbonyl (C=O) groups is 2. The summed E-state index contributed by atoms with van der Waals surface area (Å²) in [6, 6.07) is 8.95. The molecule has 0 amide bonds. The van der Waals surface area contributed by atoms with E-state index < -0.39 is 12.0 Å². The van der Waals surface area contributed by atoms with Gasteiger partial charge < -0.3 is 10.4 Å². The lowest BCUT2D eigenvalue weighted by Gasteiger charge is -2.11. The second kappa shape index (κ2) is 8.72. The third kappa shape index (κ3) is 6.40. The van der Waals surface area contributed by atoms with Crippen LogP contribution in [0.3, 0.4) is 0 Å². The Labute approximate surface area is 118 Å². The zero-order valence-corrected chi connectivity index (χ0v) is 11.6. The monoisotopic (exact) mass is 281 g/mol. The van der Waals surface area contributed by atoms with Gasteiger partial charge in [-0.1, -0.05) is 30.3 Å². The maximum absolute atomic E-state index is 11.7. The Balaban J connectivity index is 2.19. The van der Waals surface area contributed by atoms with Crippen molar-refractivity contribution >= 4 is 24.4 Å². The van der Waals surface area contributed by atoms with E-state index in [1.165, 1.54) is 0 Å². The molecule has 0 fully saturated rings. The lowest BCUT2D eigenvalue weighted by atomic mass is 10.1. The van der Waals surface area contributed by atoms with Crippen molar-refractivity contribution in [2.45, 2.75) is 25.3 Å². The minimum Gasteiger partial charge on any atom is -0.480 e. The summed E-state index contributed by atoms with van der Waals surface area (Å²) in [6.07, 6.45) is 1.54. The molecule has 0 aliphatic carbocycles. The SMILES string of the molecule is O=C(CCCN[C@H](CS)C(=O)O)Cc1ccccc1. The van der Waals surface area contributed by atoms with E-state index in [0.717, 1.165) is 5.56 Å². The molecule has 4 nitrogen and oxygen atoms in total. The summed E-state index contributed by atoms with van der Waals surface area (Å²) in [6.45, 7) is 0.512. The van der Waals surface area contributed by atoms with Crippen LogP contribution < -0.4 is 5.32 Å². The lowest BCUT2D eigenvalue weighted by molar-refractivity contribution is -0.138. The summed E-state index contributed by atoms with van der Waals surface area (Å²) in [5.41, 5.74) is 1.01. The predicted molar refractivity (Wildman–Crippen MR) is 77.7 cm³/mol. The molecule has 0 bridgehead atoms. The Bertz CT molecular complexity index is 408. The molecular formula is C14H19NO3S. The molecule has 0 aliphatic rings. The van der Waals surface area contributed by atoms with Crippen LogP contribution in [0.2, 0.25) is 0 Å². The normalized spacial score (nSPS) is 12.1. The summed E-state index contributed by atoms with van der Waals surface area (Å²) in [7, 11) is 0. The number of aliphatic carboxylic acids is 1. The van der Waals surface area contributed by atoms with E-state index in [1.807, 2.05) is 30.3 Å². The molecule has 0 radical (unpaired) electrons. The van der Waals surface area contributed by atoms with Crippen LogP contribution in [0, 0.1) is 0 Å². The van der Waals surface area contributed by atoms with Crippen molar-refractivity contribution in [1.29, 1.82) is 0 Å². The average molecular weight is 281 g/mol. The van der Waals surface area contributed by atoms with Crippen LogP contribution >= 0.6 is 12.6 Å². The van der Waals surface area contributed by atoms with Gasteiger partial charge in [0.05, 0.1) is 0 Å². The van der Waals surface area contributed by atoms with Crippen molar-refractivity contribution in [2.75, 3.05) is 12.3 Å². The summed E-state index contributed by atoms with van der Waals surface area (Å²) < 4.78 is 0. The molecule has 0 unspecified atom stereocenters. The maximum atomic E-state index is 11.7. The fourth-order valence-corrected chi connectivity index (χ4v) is 1.99. The van der Waals surface area contributed by atoms with Crippen molar-refractivity contribution in [2.24, 2.45) is 0 Å². The Morgan fingerprint density at radius 2 is 1.95 bits per heavy atom. The molecule has 19 heavy (non-hydrogen) atoms. The van der Waals surface area contributed by atoms with Gasteiger partial charge in [0.2, 0.25) is 0 Å². The number of nitrogens with one attached hydrogen (secondary N) is 1. The Morgan fingerprint density at radius 1 is 1.26 bits per heavy atom. The fourth-order valence-electron chi connectivity index (χ4n) is 1.70. The largest absolute Gasteiger partial charge is 0.480 e. The summed E-state index contributed by atoms with van der Waals surface area (Å²) >= 11 is 3.95. The van der Waals surface area contributed by atoms with Crippen LogP contribution in [0.4, 0.5) is 0 Å². The summed E-state index contributed by atoms with van der Waals surface area (Å²) in [5, 5.41) is 11.7. The average Bonchev–Trinajstić information content (AvgIpc) is 2.39. The van der Waals surface area contributed by atoms with Crippen molar-refractivity contribution < 1.29 is 14.7 Å². The Hall–Kier alpha value is -1.33. The first-order valence-corrected chi connectivity index (χ1v) is 6.89. The van der Waals surface area contributed by atoms with Gasteiger partial charge in [-0.3, -0.25) is 9.59 Å². The number of rotatable bonds is 9. The molecule has 2 N–H and O–H groups in total. The molecule has 0 heterocycles. The van der Waals surface area contributed by atoms with E-state index in [0.29, 0.717) is 25.8 Å². The van der Waals surface area contributed by atoms with Crippen molar-refractivity contribution in [3.05, 3.63) is 35.9 Å². The first-order chi connectivity index (χ1) is 9.13. The van der Waals surface area contributed by atoms with Gasteiger partial charge in [-0.2, -0.15) is 12.6 Å². The van der Waals surface area contributed by atoms with Crippen molar-refractivity contribution in [3.63, 3.8) is 0 Å². The van der Waals surface area contributed by atoms with Gasteiger partial charge in [-0.15, -0.1) is 0 Å². The van der Waals surface area contributed by atoms with E-state index in [1.54, 1.807) is 0 Å². The number of Topliss-reactive ketones (excluding diaryl/α,β-unsaturated/α-hetero) is 1. The van der Waals surface area contributed by atoms with Gasteiger partial charge in [-0.05, 0) is 18.5 Å². The molecule has 104 valence electrons. The quantitative estimate of drug-likeness (QED) is 0.474. The van der Waals surface area contributed by atoms with Crippen LogP contribution in [0.1, 0.15) is 18.4 Å². The topological polar surface area (TPSA) is 66.4 Å². The molecule has 0 aliphatic heterocycles. The van der Waals surface area contributed by atoms with Crippen LogP contribution in [0.5, 0.6) is 0 Å². The highest BCUT2D eigenvalue weighted by Gasteiger charge is 2.13. The molecule has 1 aromatic rings. The van der Waals surface area contributed by atoms with Crippen molar-refractivity contribution in [1.82, 2.24) is 5.32 Å². The number of ketones is 1. The van der Waals surface area contributed by atoms with E-state index in [2.05, 4.69) is 17.9 Å². The minimum atomic E-state index is -0.911. The zero-order valence-electron chi connectivity index (χ0n) is 10.7. The first-order valence-electron chi connectivity index (χ1n) is 6.26. The van der Waals surface area contributed by atoms with Crippen LogP contribution in [-0.2, 0) is 16.0 Å². The molecular weight excluding hydrogens is 262 g/mol. The third-order valence-corrected chi connectivity index (χ3v) is 3.11. The van der Waals surface area contributed by atoms with Crippen LogP contribution in [0.25, 0.3) is 0 Å². The minimum absolute atomic E-state index is 0.172. The van der Waals surface area contributed by atoms with Crippen molar-refractivity contribution in [3.8, 4) is 0 Å². The highest BCUT2D eigenvalue weighted by atomic mass is 32.1. The number of hydrogen-bond acceptors (Lipinski definition) is 4. The zero-order chi connectivity index (χ0) is 14.1. The second-order valence-electron chi connectivity index (χ2n) is 4.33. The summed E-state index contributed by atoms with van der Waals surface area (Å²) in [5.74, 6) is -0.496. The Morgan fingerprint density at radius 3 is 2.53 bits per heavy atom. The third-order valence-electron chi connectivity index (χ3n) is 2.75. The number of benzene rings is 1. The molecule has 0 aromatic heterocycles.